The predicted molar refractivity (Wildman–Crippen MR) is 95.1 cm³/mol. The largest absolute Gasteiger partial charge is 0.341 e. The first-order valence-electron chi connectivity index (χ1n) is 8.84. The van der Waals surface area contributed by atoms with Gasteiger partial charge in [-0.15, -0.1) is 0 Å². The summed E-state index contributed by atoms with van der Waals surface area (Å²) in [5.74, 6) is 1.98. The zero-order valence-electron chi connectivity index (χ0n) is 14.8. The van der Waals surface area contributed by atoms with E-state index < -0.39 is 0 Å². The van der Waals surface area contributed by atoms with Crippen molar-refractivity contribution in [3.8, 4) is 11.4 Å². The van der Waals surface area contributed by atoms with E-state index in [4.69, 9.17) is 4.98 Å². The third kappa shape index (κ3) is 2.77. The Morgan fingerprint density at radius 3 is 2.96 bits per heavy atom. The molecule has 8 nitrogen and oxygen atoms in total. The number of rotatable bonds is 4. The van der Waals surface area contributed by atoms with Crippen LogP contribution < -0.4 is 0 Å². The molecule has 0 spiro atoms. The van der Waals surface area contributed by atoms with Crippen LogP contribution in [0.3, 0.4) is 0 Å². The van der Waals surface area contributed by atoms with E-state index in [9.17, 15) is 4.79 Å². The number of pyridine rings is 1. The molecule has 1 aliphatic rings. The molecule has 1 amide bonds. The van der Waals surface area contributed by atoms with Crippen LogP contribution in [-0.2, 0) is 6.54 Å². The van der Waals surface area contributed by atoms with Gasteiger partial charge in [0.2, 0.25) is 0 Å². The molecule has 1 aliphatic heterocycles. The summed E-state index contributed by atoms with van der Waals surface area (Å²) >= 11 is 0. The van der Waals surface area contributed by atoms with Crippen LogP contribution in [0.25, 0.3) is 11.4 Å². The zero-order valence-corrected chi connectivity index (χ0v) is 14.8. The molecule has 0 unspecified atom stereocenters. The van der Waals surface area contributed by atoms with E-state index in [-0.39, 0.29) is 17.9 Å². The van der Waals surface area contributed by atoms with E-state index in [1.165, 1.54) is 0 Å². The van der Waals surface area contributed by atoms with Crippen LogP contribution in [0.1, 0.15) is 42.8 Å². The molecule has 1 N–H and O–H groups in total. The number of imidazole rings is 1. The minimum Gasteiger partial charge on any atom is -0.341 e. The Hall–Kier alpha value is -3.03. The number of nitrogens with zero attached hydrogens (tertiary/aromatic N) is 6. The van der Waals surface area contributed by atoms with E-state index in [0.29, 0.717) is 24.7 Å². The van der Waals surface area contributed by atoms with E-state index in [1.54, 1.807) is 24.8 Å². The van der Waals surface area contributed by atoms with Gasteiger partial charge in [0.25, 0.3) is 5.91 Å². The summed E-state index contributed by atoms with van der Waals surface area (Å²) < 4.78 is 1.92. The maximum absolute atomic E-state index is 12.9. The first kappa shape index (κ1) is 16.4. The first-order chi connectivity index (χ1) is 12.7. The maximum atomic E-state index is 12.9. The summed E-state index contributed by atoms with van der Waals surface area (Å²) in [7, 11) is 0. The third-order valence-corrected chi connectivity index (χ3v) is 4.92. The van der Waals surface area contributed by atoms with Crippen molar-refractivity contribution in [2.75, 3.05) is 6.54 Å². The molecule has 0 saturated heterocycles. The number of aromatic nitrogens is 6. The lowest BCUT2D eigenvalue weighted by Crippen LogP contribution is -2.45. The first-order valence-corrected chi connectivity index (χ1v) is 8.84. The van der Waals surface area contributed by atoms with Crippen molar-refractivity contribution in [3.05, 3.63) is 48.6 Å². The minimum atomic E-state index is -0.135. The Balaban J connectivity index is 1.73. The summed E-state index contributed by atoms with van der Waals surface area (Å²) in [6, 6.07) is 3.68. The van der Waals surface area contributed by atoms with Crippen molar-refractivity contribution >= 4 is 5.91 Å². The van der Waals surface area contributed by atoms with Gasteiger partial charge in [0.1, 0.15) is 0 Å². The highest BCUT2D eigenvalue weighted by atomic mass is 16.2. The standard InChI is InChI=1S/C18H21N7O/c1-3-12(2)14-17-22-15(13-5-4-6-19-11-13)23-25(17)10-9-24(14)18(26)16-20-7-8-21-16/h4-8,11-12,14H,3,9-10H2,1-2H3,(H,20,21)/t12-,14-/m0/s1. The van der Waals surface area contributed by atoms with Gasteiger partial charge < -0.3 is 9.88 Å². The Morgan fingerprint density at radius 1 is 1.38 bits per heavy atom. The molecule has 3 aromatic rings. The van der Waals surface area contributed by atoms with Gasteiger partial charge in [-0.1, -0.05) is 20.3 Å². The van der Waals surface area contributed by atoms with E-state index in [2.05, 4.69) is 33.9 Å². The lowest BCUT2D eigenvalue weighted by atomic mass is 9.95. The number of hydrogen-bond donors (Lipinski definition) is 1. The van der Waals surface area contributed by atoms with Crippen LogP contribution in [0.4, 0.5) is 0 Å². The number of aromatic amines is 1. The van der Waals surface area contributed by atoms with Crippen molar-refractivity contribution in [2.45, 2.75) is 32.9 Å². The quantitative estimate of drug-likeness (QED) is 0.778. The molecule has 2 atom stereocenters. The number of hydrogen-bond acceptors (Lipinski definition) is 5. The van der Waals surface area contributed by atoms with Gasteiger partial charge in [-0.2, -0.15) is 5.10 Å². The molecule has 3 aromatic heterocycles. The fraction of sp³-hybridized carbons (Fsp3) is 0.389. The average Bonchev–Trinajstić information content (AvgIpc) is 3.36. The summed E-state index contributed by atoms with van der Waals surface area (Å²) in [5, 5.41) is 4.65. The molecule has 8 heteroatoms. The summed E-state index contributed by atoms with van der Waals surface area (Å²) in [5.41, 5.74) is 0.876. The minimum absolute atomic E-state index is 0.0996. The zero-order chi connectivity index (χ0) is 18.1. The topological polar surface area (TPSA) is 92.6 Å². The Kier molecular flexibility index (Phi) is 4.24. The van der Waals surface area contributed by atoms with Crippen LogP contribution in [0.2, 0.25) is 0 Å². The van der Waals surface area contributed by atoms with Crippen molar-refractivity contribution in [2.24, 2.45) is 5.92 Å². The fourth-order valence-corrected chi connectivity index (χ4v) is 3.37. The van der Waals surface area contributed by atoms with Crippen LogP contribution in [0.15, 0.2) is 36.9 Å². The predicted octanol–water partition coefficient (Wildman–Crippen LogP) is 2.31. The van der Waals surface area contributed by atoms with Crippen molar-refractivity contribution in [1.82, 2.24) is 34.6 Å². The molecule has 26 heavy (non-hydrogen) atoms. The van der Waals surface area contributed by atoms with Crippen LogP contribution in [-0.4, -0.2) is 47.1 Å². The number of H-pyrrole nitrogens is 1. The average molecular weight is 351 g/mol. The van der Waals surface area contributed by atoms with E-state index in [0.717, 1.165) is 17.8 Å². The fourth-order valence-electron chi connectivity index (χ4n) is 3.37. The molecule has 0 aromatic carbocycles. The normalized spacial score (nSPS) is 17.8. The molecule has 0 radical (unpaired) electrons. The molecule has 0 fully saturated rings. The van der Waals surface area contributed by atoms with Crippen molar-refractivity contribution in [1.29, 1.82) is 0 Å². The summed E-state index contributed by atoms with van der Waals surface area (Å²) in [6.45, 7) is 5.46. The van der Waals surface area contributed by atoms with Gasteiger partial charge in [-0.05, 0) is 18.1 Å². The van der Waals surface area contributed by atoms with Crippen LogP contribution in [0.5, 0.6) is 0 Å². The lowest BCUT2D eigenvalue weighted by Gasteiger charge is -2.37. The number of carbonyl (C=O) groups excluding carboxylic acids is 1. The van der Waals surface area contributed by atoms with E-state index >= 15 is 0 Å². The van der Waals surface area contributed by atoms with Gasteiger partial charge >= 0.3 is 0 Å². The second-order valence-corrected chi connectivity index (χ2v) is 6.53. The smallest absolute Gasteiger partial charge is 0.290 e. The van der Waals surface area contributed by atoms with Gasteiger partial charge in [0.05, 0.1) is 12.6 Å². The monoisotopic (exact) mass is 351 g/mol. The Morgan fingerprint density at radius 2 is 2.27 bits per heavy atom. The molecule has 134 valence electrons. The maximum Gasteiger partial charge on any atom is 0.290 e. The van der Waals surface area contributed by atoms with Crippen LogP contribution >= 0.6 is 0 Å². The number of carbonyl (C=O) groups is 1. The van der Waals surface area contributed by atoms with Gasteiger partial charge in [-0.3, -0.25) is 9.78 Å². The third-order valence-electron chi connectivity index (χ3n) is 4.92. The Bertz CT molecular complexity index is 888. The molecular formula is C18H21N7O. The highest BCUT2D eigenvalue weighted by Gasteiger charge is 2.37. The molecular weight excluding hydrogens is 330 g/mol. The van der Waals surface area contributed by atoms with Gasteiger partial charge in [0.15, 0.2) is 17.5 Å². The molecule has 0 aliphatic carbocycles. The molecule has 0 bridgehead atoms. The van der Waals surface area contributed by atoms with Gasteiger partial charge in [-0.25, -0.2) is 14.6 Å². The van der Waals surface area contributed by atoms with Gasteiger partial charge in [0, 0.05) is 36.9 Å². The second kappa shape index (κ2) is 6.70. The van der Waals surface area contributed by atoms with Crippen LogP contribution in [0, 0.1) is 5.92 Å². The molecule has 4 heterocycles. The second-order valence-electron chi connectivity index (χ2n) is 6.53. The summed E-state index contributed by atoms with van der Waals surface area (Å²) in [6.07, 6.45) is 7.68. The SMILES string of the molecule is CC[C@H](C)[C@H]1c2nc(-c3cccnc3)nn2CCN1C(=O)c1ncc[nH]1. The summed E-state index contributed by atoms with van der Waals surface area (Å²) in [4.78, 5) is 30.8. The highest BCUT2D eigenvalue weighted by Crippen LogP contribution is 2.34. The van der Waals surface area contributed by atoms with E-state index in [1.807, 2.05) is 21.7 Å². The van der Waals surface area contributed by atoms with Crippen molar-refractivity contribution < 1.29 is 4.79 Å². The number of nitrogens with one attached hydrogen (secondary N) is 1. The number of amides is 1. The Labute approximate surface area is 151 Å². The van der Waals surface area contributed by atoms with Crippen molar-refractivity contribution in [3.63, 3.8) is 0 Å². The highest BCUT2D eigenvalue weighted by molar-refractivity contribution is 5.90. The molecule has 0 saturated carbocycles. The lowest BCUT2D eigenvalue weighted by molar-refractivity contribution is 0.0507. The molecule has 4 rings (SSSR count). The number of fused-ring (bicyclic) bond motifs is 1.